The van der Waals surface area contributed by atoms with Crippen LogP contribution in [-0.4, -0.2) is 25.1 Å². The van der Waals surface area contributed by atoms with Crippen molar-refractivity contribution in [1.82, 2.24) is 5.32 Å². The molecule has 0 aromatic heterocycles. The van der Waals surface area contributed by atoms with E-state index < -0.39 is 11.7 Å². The number of halogens is 4. The Morgan fingerprint density at radius 2 is 1.74 bits per heavy atom. The summed E-state index contributed by atoms with van der Waals surface area (Å²) in [5.74, 6) is 1.29. The van der Waals surface area contributed by atoms with Crippen LogP contribution in [0.3, 0.4) is 0 Å². The maximum atomic E-state index is 12.5. The van der Waals surface area contributed by atoms with Crippen molar-refractivity contribution in [1.29, 1.82) is 0 Å². The van der Waals surface area contributed by atoms with Crippen molar-refractivity contribution >= 4 is 18.3 Å². The first-order valence-corrected chi connectivity index (χ1v) is 9.18. The normalized spacial score (nSPS) is 27.4. The van der Waals surface area contributed by atoms with E-state index in [4.69, 9.17) is 10.5 Å². The molecular formula is C19H26ClF3N2O2. The predicted molar refractivity (Wildman–Crippen MR) is 98.7 cm³/mol. The van der Waals surface area contributed by atoms with Gasteiger partial charge in [0.25, 0.3) is 0 Å². The van der Waals surface area contributed by atoms with Gasteiger partial charge in [-0.05, 0) is 61.8 Å². The summed E-state index contributed by atoms with van der Waals surface area (Å²) >= 11 is 0. The number of rotatable bonds is 5. The molecule has 152 valence electrons. The highest BCUT2D eigenvalue weighted by Crippen LogP contribution is 2.41. The average Bonchev–Trinajstić information content (AvgIpc) is 2.58. The Balaban J connectivity index is 0.00000261. The topological polar surface area (TPSA) is 64.4 Å². The van der Waals surface area contributed by atoms with Gasteiger partial charge in [0, 0.05) is 12.0 Å². The van der Waals surface area contributed by atoms with E-state index >= 15 is 0 Å². The van der Waals surface area contributed by atoms with E-state index in [-0.39, 0.29) is 36.9 Å². The number of hydrogen-bond acceptors (Lipinski definition) is 3. The second-order valence-electron chi connectivity index (χ2n) is 7.36. The third kappa shape index (κ3) is 5.51. The Bertz CT molecular complexity index is 610. The molecule has 2 unspecified atom stereocenters. The standard InChI is InChI=1S/C19H25F3N2O2.ClH/c20-19(21,22)15-4-6-16(7-5-15)26-9-8-24-18(25)14-10-12-2-1-3-13(11-14)17(12)23;/h4-7,12-14,17H,1-3,8-11,23H2,(H,24,25);1H. The zero-order valence-corrected chi connectivity index (χ0v) is 15.8. The van der Waals surface area contributed by atoms with E-state index in [2.05, 4.69) is 5.32 Å². The molecule has 2 atom stereocenters. The lowest BCUT2D eigenvalue weighted by Crippen LogP contribution is -2.49. The van der Waals surface area contributed by atoms with E-state index in [1.807, 2.05) is 0 Å². The molecule has 3 rings (SSSR count). The van der Waals surface area contributed by atoms with E-state index in [9.17, 15) is 18.0 Å². The fourth-order valence-electron chi connectivity index (χ4n) is 4.23. The number of ether oxygens (including phenoxy) is 1. The third-order valence-corrected chi connectivity index (χ3v) is 5.64. The second-order valence-corrected chi connectivity index (χ2v) is 7.36. The largest absolute Gasteiger partial charge is 0.492 e. The molecule has 0 spiro atoms. The molecule has 0 radical (unpaired) electrons. The Morgan fingerprint density at radius 1 is 1.15 bits per heavy atom. The molecule has 2 aliphatic carbocycles. The first-order chi connectivity index (χ1) is 12.3. The van der Waals surface area contributed by atoms with Crippen LogP contribution in [0.2, 0.25) is 0 Å². The molecule has 0 saturated heterocycles. The number of hydrogen-bond donors (Lipinski definition) is 2. The summed E-state index contributed by atoms with van der Waals surface area (Å²) in [6.07, 6.45) is 0.773. The highest BCUT2D eigenvalue weighted by Gasteiger charge is 2.40. The second kappa shape index (κ2) is 9.15. The fraction of sp³-hybridized carbons (Fsp3) is 0.632. The van der Waals surface area contributed by atoms with Crippen LogP contribution in [0.25, 0.3) is 0 Å². The molecular weight excluding hydrogens is 381 g/mol. The van der Waals surface area contributed by atoms with Crippen molar-refractivity contribution in [2.45, 2.75) is 44.3 Å². The quantitative estimate of drug-likeness (QED) is 0.731. The number of nitrogens with one attached hydrogen (secondary N) is 1. The summed E-state index contributed by atoms with van der Waals surface area (Å²) in [5.41, 5.74) is 5.54. The van der Waals surface area contributed by atoms with E-state index in [0.29, 0.717) is 24.1 Å². The lowest BCUT2D eigenvalue weighted by molar-refractivity contribution is -0.137. The van der Waals surface area contributed by atoms with Gasteiger partial charge in [-0.25, -0.2) is 0 Å². The zero-order valence-electron chi connectivity index (χ0n) is 15.0. The lowest BCUT2D eigenvalue weighted by Gasteiger charge is -2.43. The highest BCUT2D eigenvalue weighted by molar-refractivity contribution is 5.85. The van der Waals surface area contributed by atoms with Gasteiger partial charge in [0.15, 0.2) is 0 Å². The third-order valence-electron chi connectivity index (χ3n) is 5.64. The van der Waals surface area contributed by atoms with Crippen molar-refractivity contribution in [3.63, 3.8) is 0 Å². The Hall–Kier alpha value is -1.47. The summed E-state index contributed by atoms with van der Waals surface area (Å²) < 4.78 is 42.9. The van der Waals surface area contributed by atoms with Crippen LogP contribution < -0.4 is 15.8 Å². The summed E-state index contributed by atoms with van der Waals surface area (Å²) in [7, 11) is 0. The molecule has 27 heavy (non-hydrogen) atoms. The van der Waals surface area contributed by atoms with Gasteiger partial charge < -0.3 is 15.8 Å². The van der Waals surface area contributed by atoms with Crippen molar-refractivity contribution in [3.8, 4) is 5.75 Å². The van der Waals surface area contributed by atoms with Crippen LogP contribution in [0.15, 0.2) is 24.3 Å². The number of carbonyl (C=O) groups excluding carboxylic acids is 1. The van der Waals surface area contributed by atoms with Crippen molar-refractivity contribution in [2.24, 2.45) is 23.5 Å². The molecule has 2 fully saturated rings. The molecule has 2 saturated carbocycles. The van der Waals surface area contributed by atoms with Gasteiger partial charge in [-0.3, -0.25) is 4.79 Å². The SMILES string of the molecule is Cl.NC1C2CCCC1CC(C(=O)NCCOc1ccc(C(F)(F)F)cc1)C2. The summed E-state index contributed by atoms with van der Waals surface area (Å²) in [4.78, 5) is 12.4. The van der Waals surface area contributed by atoms with Crippen LogP contribution in [0.4, 0.5) is 13.2 Å². The minimum atomic E-state index is -4.35. The smallest absolute Gasteiger partial charge is 0.416 e. The maximum Gasteiger partial charge on any atom is 0.416 e. The number of fused-ring (bicyclic) bond motifs is 2. The van der Waals surface area contributed by atoms with Crippen LogP contribution >= 0.6 is 12.4 Å². The molecule has 1 aromatic carbocycles. The number of alkyl halides is 3. The number of amides is 1. The summed E-state index contributed by atoms with van der Waals surface area (Å²) in [6, 6.07) is 4.77. The Morgan fingerprint density at radius 3 is 2.30 bits per heavy atom. The van der Waals surface area contributed by atoms with Gasteiger partial charge in [-0.15, -0.1) is 12.4 Å². The predicted octanol–water partition coefficient (Wildman–Crippen LogP) is 3.78. The Kier molecular flexibility index (Phi) is 7.40. The summed E-state index contributed by atoms with van der Waals surface area (Å²) in [5, 5.41) is 2.88. The van der Waals surface area contributed by atoms with Crippen LogP contribution in [0.5, 0.6) is 5.75 Å². The van der Waals surface area contributed by atoms with Crippen molar-refractivity contribution < 1.29 is 22.7 Å². The zero-order chi connectivity index (χ0) is 18.7. The van der Waals surface area contributed by atoms with Gasteiger partial charge in [0.05, 0.1) is 12.1 Å². The number of nitrogens with two attached hydrogens (primary N) is 1. The van der Waals surface area contributed by atoms with Gasteiger partial charge in [0.2, 0.25) is 5.91 Å². The van der Waals surface area contributed by atoms with Crippen LogP contribution in [0.1, 0.15) is 37.7 Å². The molecule has 1 aromatic rings. The average molecular weight is 407 g/mol. The molecule has 1 amide bonds. The molecule has 2 aliphatic rings. The van der Waals surface area contributed by atoms with E-state index in [1.165, 1.54) is 18.6 Å². The van der Waals surface area contributed by atoms with E-state index in [0.717, 1.165) is 37.8 Å². The molecule has 0 heterocycles. The lowest BCUT2D eigenvalue weighted by atomic mass is 9.65. The number of benzene rings is 1. The Labute approximate surface area is 163 Å². The number of carbonyl (C=O) groups is 1. The van der Waals surface area contributed by atoms with Gasteiger partial charge in [0.1, 0.15) is 12.4 Å². The monoisotopic (exact) mass is 406 g/mol. The highest BCUT2D eigenvalue weighted by atomic mass is 35.5. The molecule has 0 aliphatic heterocycles. The van der Waals surface area contributed by atoms with Crippen LogP contribution in [-0.2, 0) is 11.0 Å². The van der Waals surface area contributed by atoms with Crippen LogP contribution in [0, 0.1) is 17.8 Å². The first-order valence-electron chi connectivity index (χ1n) is 9.18. The van der Waals surface area contributed by atoms with Crippen molar-refractivity contribution in [2.75, 3.05) is 13.2 Å². The van der Waals surface area contributed by atoms with Gasteiger partial charge in [-0.2, -0.15) is 13.2 Å². The molecule has 8 heteroatoms. The minimum Gasteiger partial charge on any atom is -0.492 e. The van der Waals surface area contributed by atoms with Gasteiger partial charge in [-0.1, -0.05) is 6.42 Å². The van der Waals surface area contributed by atoms with Crippen molar-refractivity contribution in [3.05, 3.63) is 29.8 Å². The fourth-order valence-corrected chi connectivity index (χ4v) is 4.23. The first kappa shape index (κ1) is 21.8. The maximum absolute atomic E-state index is 12.5. The van der Waals surface area contributed by atoms with Gasteiger partial charge >= 0.3 is 6.18 Å². The molecule has 3 N–H and O–H groups in total. The molecule has 4 nitrogen and oxygen atoms in total. The van der Waals surface area contributed by atoms with E-state index in [1.54, 1.807) is 0 Å². The summed E-state index contributed by atoms with van der Waals surface area (Å²) in [6.45, 7) is 0.550. The molecule has 2 bridgehead atoms. The minimum absolute atomic E-state index is 0.